The summed E-state index contributed by atoms with van der Waals surface area (Å²) in [5, 5.41) is 4.82. The molecule has 9 nitrogen and oxygen atoms in total. The quantitative estimate of drug-likeness (QED) is 0.263. The standard InChI is InChI=1S/C34H36Cl2FN5O4/c35-24-12-13-25(32(37)31(24)36)39-33(45)26(16-17-38)40-34(46)28-19-22-9-4-5-10-23(22)20-42(28)30(44)15-14-29(43)41-18-6-11-27(41)21-7-2-1-3-8-21/h1-5,7-10,12-13,26-28H,6,11,14-20,38H2,(H,39,45)(H,40,46)/t26-,27+,28-/m0/s1. The summed E-state index contributed by atoms with van der Waals surface area (Å²) in [4.78, 5) is 57.2. The van der Waals surface area contributed by atoms with Crippen molar-refractivity contribution in [2.24, 2.45) is 5.73 Å². The van der Waals surface area contributed by atoms with Gasteiger partial charge in [-0.3, -0.25) is 19.2 Å². The van der Waals surface area contributed by atoms with Crippen molar-refractivity contribution < 1.29 is 23.6 Å². The highest BCUT2D eigenvalue weighted by Crippen LogP contribution is 2.33. The second-order valence-electron chi connectivity index (χ2n) is 11.5. The summed E-state index contributed by atoms with van der Waals surface area (Å²) in [7, 11) is 0. The van der Waals surface area contributed by atoms with Crippen molar-refractivity contribution in [3.63, 3.8) is 0 Å². The lowest BCUT2D eigenvalue weighted by molar-refractivity contribution is -0.144. The highest BCUT2D eigenvalue weighted by atomic mass is 35.5. The molecule has 3 aromatic carbocycles. The summed E-state index contributed by atoms with van der Waals surface area (Å²) in [6.45, 7) is 0.867. The Hall–Kier alpha value is -3.99. The number of nitrogens with one attached hydrogen (secondary N) is 2. The van der Waals surface area contributed by atoms with Gasteiger partial charge in [-0.1, -0.05) is 77.8 Å². The van der Waals surface area contributed by atoms with E-state index in [-0.39, 0.29) is 72.4 Å². The average Bonchev–Trinajstić information content (AvgIpc) is 3.57. The van der Waals surface area contributed by atoms with E-state index in [2.05, 4.69) is 10.6 Å². The van der Waals surface area contributed by atoms with Crippen LogP contribution in [0.4, 0.5) is 10.1 Å². The van der Waals surface area contributed by atoms with Crippen molar-refractivity contribution in [2.75, 3.05) is 18.4 Å². The molecule has 242 valence electrons. The van der Waals surface area contributed by atoms with Crippen LogP contribution in [-0.4, -0.2) is 58.6 Å². The molecule has 0 unspecified atom stereocenters. The van der Waals surface area contributed by atoms with E-state index in [1.807, 2.05) is 59.5 Å². The van der Waals surface area contributed by atoms with Crippen LogP contribution < -0.4 is 16.4 Å². The van der Waals surface area contributed by atoms with Crippen molar-refractivity contribution in [1.29, 1.82) is 0 Å². The Morgan fingerprint density at radius 1 is 0.913 bits per heavy atom. The fourth-order valence-electron chi connectivity index (χ4n) is 6.15. The third kappa shape index (κ3) is 7.52. The number of likely N-dealkylation sites (tertiary alicyclic amines) is 1. The number of fused-ring (bicyclic) bond motifs is 1. The lowest BCUT2D eigenvalue weighted by atomic mass is 9.92. The molecule has 0 bridgehead atoms. The van der Waals surface area contributed by atoms with Crippen LogP contribution in [0.2, 0.25) is 10.0 Å². The maximum Gasteiger partial charge on any atom is 0.247 e. The number of benzene rings is 3. The Bertz CT molecular complexity index is 1610. The van der Waals surface area contributed by atoms with Crippen molar-refractivity contribution in [3.05, 3.63) is 99.3 Å². The Kier molecular flexibility index (Phi) is 10.9. The van der Waals surface area contributed by atoms with E-state index in [1.165, 1.54) is 17.0 Å². The molecule has 4 amide bonds. The van der Waals surface area contributed by atoms with Gasteiger partial charge in [0.1, 0.15) is 12.1 Å². The monoisotopic (exact) mass is 667 g/mol. The zero-order chi connectivity index (χ0) is 32.8. The van der Waals surface area contributed by atoms with E-state index >= 15 is 0 Å². The molecule has 46 heavy (non-hydrogen) atoms. The number of amides is 4. The SMILES string of the molecule is NCC[C@H](NC(=O)[C@@H]1Cc2ccccc2CN1C(=O)CCC(=O)N1CCC[C@@H]1c1ccccc1)C(=O)Nc1ccc(Cl)c(Cl)c1F. The molecule has 4 N–H and O–H groups in total. The van der Waals surface area contributed by atoms with Gasteiger partial charge in [-0.2, -0.15) is 0 Å². The molecule has 3 atom stereocenters. The molecule has 2 aliphatic heterocycles. The summed E-state index contributed by atoms with van der Waals surface area (Å²) in [5.41, 5.74) is 8.43. The van der Waals surface area contributed by atoms with E-state index in [0.29, 0.717) is 6.54 Å². The van der Waals surface area contributed by atoms with E-state index < -0.39 is 29.7 Å². The Balaban J connectivity index is 1.28. The van der Waals surface area contributed by atoms with Gasteiger partial charge in [-0.15, -0.1) is 0 Å². The van der Waals surface area contributed by atoms with Gasteiger partial charge >= 0.3 is 0 Å². The highest BCUT2D eigenvalue weighted by molar-refractivity contribution is 6.42. The van der Waals surface area contributed by atoms with Crippen LogP contribution in [0.5, 0.6) is 0 Å². The minimum atomic E-state index is -1.12. The molecule has 5 rings (SSSR count). The van der Waals surface area contributed by atoms with Gasteiger partial charge in [0, 0.05) is 32.4 Å². The van der Waals surface area contributed by atoms with Crippen LogP contribution in [0.3, 0.4) is 0 Å². The van der Waals surface area contributed by atoms with E-state index in [4.69, 9.17) is 28.9 Å². The Morgan fingerprint density at radius 2 is 1.59 bits per heavy atom. The van der Waals surface area contributed by atoms with Crippen LogP contribution >= 0.6 is 23.2 Å². The molecule has 0 aromatic heterocycles. The molecule has 12 heteroatoms. The summed E-state index contributed by atoms with van der Waals surface area (Å²) < 4.78 is 14.6. The molecular weight excluding hydrogens is 632 g/mol. The van der Waals surface area contributed by atoms with Gasteiger partial charge in [0.2, 0.25) is 23.6 Å². The van der Waals surface area contributed by atoms with Gasteiger partial charge in [0.05, 0.1) is 21.8 Å². The second kappa shape index (κ2) is 15.1. The van der Waals surface area contributed by atoms with Gasteiger partial charge in [-0.05, 0) is 54.6 Å². The molecule has 1 fully saturated rings. The first-order valence-corrected chi connectivity index (χ1v) is 16.1. The summed E-state index contributed by atoms with van der Waals surface area (Å²) in [6.07, 6.45) is 1.99. The first-order valence-electron chi connectivity index (χ1n) is 15.3. The van der Waals surface area contributed by atoms with Gasteiger partial charge in [0.25, 0.3) is 0 Å². The zero-order valence-corrected chi connectivity index (χ0v) is 26.7. The predicted molar refractivity (Wildman–Crippen MR) is 174 cm³/mol. The van der Waals surface area contributed by atoms with Gasteiger partial charge in [0.15, 0.2) is 5.82 Å². The van der Waals surface area contributed by atoms with Crippen molar-refractivity contribution in [2.45, 2.75) is 63.2 Å². The number of halogens is 3. The maximum absolute atomic E-state index is 14.6. The average molecular weight is 669 g/mol. The third-order valence-electron chi connectivity index (χ3n) is 8.56. The van der Waals surface area contributed by atoms with E-state index in [9.17, 15) is 23.6 Å². The maximum atomic E-state index is 14.6. The molecular formula is C34H36Cl2FN5O4. The molecule has 1 saturated heterocycles. The molecule has 3 aromatic rings. The number of hydrogen-bond acceptors (Lipinski definition) is 5. The summed E-state index contributed by atoms with van der Waals surface area (Å²) in [5.74, 6) is -2.60. The third-order valence-corrected chi connectivity index (χ3v) is 9.34. The molecule has 2 heterocycles. The number of nitrogens with zero attached hydrogens (tertiary/aromatic N) is 2. The lowest BCUT2D eigenvalue weighted by Gasteiger charge is -2.37. The van der Waals surface area contributed by atoms with Crippen LogP contribution in [0, 0.1) is 5.82 Å². The zero-order valence-electron chi connectivity index (χ0n) is 25.2. The molecule has 2 aliphatic rings. The number of anilines is 1. The second-order valence-corrected chi connectivity index (χ2v) is 12.3. The summed E-state index contributed by atoms with van der Waals surface area (Å²) in [6, 6.07) is 17.9. The first kappa shape index (κ1) is 33.4. The molecule has 0 spiro atoms. The minimum Gasteiger partial charge on any atom is -0.342 e. The summed E-state index contributed by atoms with van der Waals surface area (Å²) >= 11 is 11.7. The van der Waals surface area contributed by atoms with E-state index in [1.54, 1.807) is 0 Å². The van der Waals surface area contributed by atoms with Crippen molar-refractivity contribution in [1.82, 2.24) is 15.1 Å². The normalized spacial score (nSPS) is 18.1. The van der Waals surface area contributed by atoms with Crippen molar-refractivity contribution >= 4 is 52.5 Å². The topological polar surface area (TPSA) is 125 Å². The van der Waals surface area contributed by atoms with Crippen LogP contribution in [0.15, 0.2) is 66.7 Å². The van der Waals surface area contributed by atoms with Crippen molar-refractivity contribution in [3.8, 4) is 0 Å². The molecule has 0 aliphatic carbocycles. The number of rotatable bonds is 10. The van der Waals surface area contributed by atoms with Crippen LogP contribution in [0.1, 0.15) is 54.8 Å². The van der Waals surface area contributed by atoms with Gasteiger partial charge < -0.3 is 26.2 Å². The number of carbonyl (C=O) groups excluding carboxylic acids is 4. The lowest BCUT2D eigenvalue weighted by Crippen LogP contribution is -2.56. The number of carbonyl (C=O) groups is 4. The van der Waals surface area contributed by atoms with Crippen LogP contribution in [-0.2, 0) is 32.1 Å². The van der Waals surface area contributed by atoms with Gasteiger partial charge in [-0.25, -0.2) is 4.39 Å². The minimum absolute atomic E-state index is 0.00976. The Labute approximate surface area is 277 Å². The van der Waals surface area contributed by atoms with Crippen LogP contribution in [0.25, 0.3) is 0 Å². The molecule has 0 saturated carbocycles. The van der Waals surface area contributed by atoms with E-state index in [0.717, 1.165) is 29.5 Å². The molecule has 0 radical (unpaired) electrons. The fourth-order valence-corrected chi connectivity index (χ4v) is 6.46. The number of nitrogens with two attached hydrogens (primary N) is 1. The first-order chi connectivity index (χ1) is 22.2. The predicted octanol–water partition coefficient (Wildman–Crippen LogP) is 5.00. The smallest absolute Gasteiger partial charge is 0.247 e. The number of hydrogen-bond donors (Lipinski definition) is 3. The largest absolute Gasteiger partial charge is 0.342 e. The highest BCUT2D eigenvalue weighted by Gasteiger charge is 2.37. The fraction of sp³-hybridized carbons (Fsp3) is 0.353. The Morgan fingerprint density at radius 3 is 2.30 bits per heavy atom.